The minimum atomic E-state index is -0.312. The number of thioether (sulfide) groups is 1. The predicted octanol–water partition coefficient (Wildman–Crippen LogP) is 5.19. The molecule has 0 unspecified atom stereocenters. The molecular formula is C26H28N4O2S2. The molecule has 176 valence electrons. The zero-order valence-electron chi connectivity index (χ0n) is 19.5. The molecule has 2 fully saturated rings. The van der Waals surface area contributed by atoms with Gasteiger partial charge in [-0.25, -0.2) is 0 Å². The van der Waals surface area contributed by atoms with E-state index in [2.05, 4.69) is 11.4 Å². The highest BCUT2D eigenvalue weighted by molar-refractivity contribution is 8.26. The van der Waals surface area contributed by atoms with Crippen LogP contribution in [-0.4, -0.2) is 25.7 Å². The van der Waals surface area contributed by atoms with Crippen molar-refractivity contribution in [2.75, 3.05) is 5.32 Å². The Morgan fingerprint density at radius 2 is 1.94 bits per heavy atom. The number of nitrogens with zero attached hydrogens (tertiary/aromatic N) is 3. The van der Waals surface area contributed by atoms with E-state index in [1.165, 1.54) is 11.8 Å². The molecule has 8 heteroatoms. The Kier molecular flexibility index (Phi) is 7.54. The third-order valence-corrected chi connectivity index (χ3v) is 7.74. The quantitative estimate of drug-likeness (QED) is 0.423. The van der Waals surface area contributed by atoms with Crippen LogP contribution in [0.4, 0.5) is 5.82 Å². The molecule has 1 aliphatic carbocycles. The van der Waals surface area contributed by atoms with Crippen LogP contribution < -0.4 is 10.9 Å². The maximum Gasteiger partial charge on any atom is 0.270 e. The lowest BCUT2D eigenvalue weighted by Gasteiger charge is -2.22. The van der Waals surface area contributed by atoms with Crippen molar-refractivity contribution in [3.05, 3.63) is 67.8 Å². The molecule has 1 aromatic heterocycles. The van der Waals surface area contributed by atoms with Crippen LogP contribution in [-0.2, 0) is 17.9 Å². The number of nitrogens with one attached hydrogen (secondary N) is 1. The van der Waals surface area contributed by atoms with E-state index in [1.807, 2.05) is 43.3 Å². The summed E-state index contributed by atoms with van der Waals surface area (Å²) >= 11 is 6.87. The lowest BCUT2D eigenvalue weighted by molar-refractivity contribution is -0.123. The lowest BCUT2D eigenvalue weighted by Crippen LogP contribution is -2.36. The number of amides is 1. The number of nitriles is 1. The molecule has 0 atom stereocenters. The molecule has 4 rings (SSSR count). The van der Waals surface area contributed by atoms with Crippen LogP contribution >= 0.6 is 24.0 Å². The van der Waals surface area contributed by atoms with E-state index in [0.717, 1.165) is 37.7 Å². The maximum absolute atomic E-state index is 13.3. The Bertz CT molecular complexity index is 1240. The predicted molar refractivity (Wildman–Crippen MR) is 141 cm³/mol. The van der Waals surface area contributed by atoms with Crippen molar-refractivity contribution < 1.29 is 4.79 Å². The van der Waals surface area contributed by atoms with Crippen LogP contribution in [0.2, 0.25) is 0 Å². The zero-order chi connectivity index (χ0) is 24.2. The first-order valence-corrected chi connectivity index (χ1v) is 12.9. The summed E-state index contributed by atoms with van der Waals surface area (Å²) in [5.41, 5.74) is 2.12. The van der Waals surface area contributed by atoms with Gasteiger partial charge in [0, 0.05) is 24.7 Å². The number of rotatable bonds is 7. The van der Waals surface area contributed by atoms with E-state index < -0.39 is 0 Å². The molecule has 0 spiro atoms. The second-order valence-electron chi connectivity index (χ2n) is 8.66. The van der Waals surface area contributed by atoms with E-state index in [-0.39, 0.29) is 23.1 Å². The smallest absolute Gasteiger partial charge is 0.270 e. The number of carbonyl (C=O) groups is 1. The minimum Gasteiger partial charge on any atom is -0.367 e. The number of aromatic nitrogens is 1. The first kappa shape index (κ1) is 24.2. The van der Waals surface area contributed by atoms with E-state index in [4.69, 9.17) is 12.2 Å². The molecule has 0 bridgehead atoms. The van der Waals surface area contributed by atoms with Crippen molar-refractivity contribution in [2.24, 2.45) is 0 Å². The van der Waals surface area contributed by atoms with Gasteiger partial charge in [0.25, 0.3) is 11.5 Å². The van der Waals surface area contributed by atoms with Crippen molar-refractivity contribution in [3.63, 3.8) is 0 Å². The Morgan fingerprint density at radius 3 is 2.59 bits per heavy atom. The first-order valence-electron chi connectivity index (χ1n) is 11.7. The molecule has 2 aromatic rings. The number of thiocarbonyl (C=S) groups is 1. The fraction of sp³-hybridized carbons (Fsp3) is 0.385. The Hall–Kier alpha value is -2.89. The van der Waals surface area contributed by atoms with Gasteiger partial charge in [-0.05, 0) is 43.4 Å². The molecule has 2 aliphatic rings. The first-order chi connectivity index (χ1) is 16.5. The SMILES string of the molecule is CCCn1c(NCc2ccccc2)c(/C=C2/SC(=S)N(C3CCCC3)C2=O)c(C)c(C#N)c1=O. The molecule has 1 aliphatic heterocycles. The highest BCUT2D eigenvalue weighted by atomic mass is 32.2. The fourth-order valence-electron chi connectivity index (χ4n) is 4.66. The van der Waals surface area contributed by atoms with Gasteiger partial charge < -0.3 is 5.32 Å². The average Bonchev–Trinajstić information content (AvgIpc) is 3.45. The monoisotopic (exact) mass is 492 g/mol. The number of carbonyl (C=O) groups excluding carboxylic acids is 1. The number of hydrogen-bond acceptors (Lipinski definition) is 6. The highest BCUT2D eigenvalue weighted by Crippen LogP contribution is 2.39. The molecule has 2 heterocycles. The summed E-state index contributed by atoms with van der Waals surface area (Å²) in [6.45, 7) is 4.74. The van der Waals surface area contributed by atoms with Gasteiger partial charge in [0.15, 0.2) is 0 Å². The molecular weight excluding hydrogens is 464 g/mol. The number of benzene rings is 1. The van der Waals surface area contributed by atoms with E-state index >= 15 is 0 Å². The van der Waals surface area contributed by atoms with Gasteiger partial charge in [0.05, 0.1) is 4.91 Å². The molecule has 1 saturated heterocycles. The van der Waals surface area contributed by atoms with Crippen LogP contribution in [0.15, 0.2) is 40.0 Å². The average molecular weight is 493 g/mol. The number of hydrogen-bond donors (Lipinski definition) is 1. The summed E-state index contributed by atoms with van der Waals surface area (Å²) in [6, 6.07) is 12.2. The molecule has 1 N–H and O–H groups in total. The van der Waals surface area contributed by atoms with Crippen LogP contribution in [0.5, 0.6) is 0 Å². The molecule has 0 radical (unpaired) electrons. The summed E-state index contributed by atoms with van der Waals surface area (Å²) in [5, 5.41) is 13.2. The molecule has 1 aromatic carbocycles. The van der Waals surface area contributed by atoms with Crippen LogP contribution in [0.25, 0.3) is 6.08 Å². The summed E-state index contributed by atoms with van der Waals surface area (Å²) in [4.78, 5) is 28.8. The van der Waals surface area contributed by atoms with Gasteiger partial charge in [0.1, 0.15) is 21.8 Å². The molecule has 1 saturated carbocycles. The number of pyridine rings is 1. The second-order valence-corrected chi connectivity index (χ2v) is 10.3. The summed E-state index contributed by atoms with van der Waals surface area (Å²) in [5.74, 6) is 0.542. The van der Waals surface area contributed by atoms with Gasteiger partial charge in [-0.3, -0.25) is 19.1 Å². The minimum absolute atomic E-state index is 0.0814. The van der Waals surface area contributed by atoms with E-state index in [9.17, 15) is 14.9 Å². The van der Waals surface area contributed by atoms with Gasteiger partial charge in [-0.1, -0.05) is 74.1 Å². The van der Waals surface area contributed by atoms with Gasteiger partial charge >= 0.3 is 0 Å². The van der Waals surface area contributed by atoms with Crippen molar-refractivity contribution in [2.45, 2.75) is 65.1 Å². The van der Waals surface area contributed by atoms with Crippen LogP contribution in [0.3, 0.4) is 0 Å². The van der Waals surface area contributed by atoms with E-state index in [0.29, 0.717) is 39.3 Å². The van der Waals surface area contributed by atoms with Crippen LogP contribution in [0, 0.1) is 18.3 Å². The van der Waals surface area contributed by atoms with Gasteiger partial charge in [0.2, 0.25) is 0 Å². The normalized spacial score (nSPS) is 17.6. The van der Waals surface area contributed by atoms with Crippen molar-refractivity contribution >= 4 is 46.1 Å². The molecule has 1 amide bonds. The highest BCUT2D eigenvalue weighted by Gasteiger charge is 2.38. The zero-order valence-corrected chi connectivity index (χ0v) is 21.1. The Balaban J connectivity index is 1.81. The van der Waals surface area contributed by atoms with Crippen molar-refractivity contribution in [3.8, 4) is 6.07 Å². The lowest BCUT2D eigenvalue weighted by atomic mass is 10.0. The Morgan fingerprint density at radius 1 is 1.24 bits per heavy atom. The third kappa shape index (κ3) is 4.68. The topological polar surface area (TPSA) is 78.1 Å². The standard InChI is InChI=1S/C26H28N4O2S2/c1-3-13-29-23(28-16-18-9-5-4-6-10-18)20(17(2)21(15-27)24(29)31)14-22-25(32)30(26(33)34-22)19-11-7-8-12-19/h4-6,9-10,14,19,28H,3,7-8,11-13,16H2,1-2H3/b22-14+. The van der Waals surface area contributed by atoms with Crippen LogP contribution in [0.1, 0.15) is 61.3 Å². The third-order valence-electron chi connectivity index (χ3n) is 6.41. The molecule has 34 heavy (non-hydrogen) atoms. The maximum atomic E-state index is 13.3. The molecule has 6 nitrogen and oxygen atoms in total. The summed E-state index contributed by atoms with van der Waals surface area (Å²) in [6.07, 6.45) is 6.72. The van der Waals surface area contributed by atoms with Gasteiger partial charge in [-0.2, -0.15) is 5.26 Å². The van der Waals surface area contributed by atoms with Gasteiger partial charge in [-0.15, -0.1) is 0 Å². The van der Waals surface area contributed by atoms with Crippen molar-refractivity contribution in [1.82, 2.24) is 9.47 Å². The van der Waals surface area contributed by atoms with Crippen molar-refractivity contribution in [1.29, 1.82) is 5.26 Å². The number of anilines is 1. The Labute approximate surface area is 209 Å². The fourth-order valence-corrected chi connectivity index (χ4v) is 6.04. The largest absolute Gasteiger partial charge is 0.367 e. The summed E-state index contributed by atoms with van der Waals surface area (Å²) in [7, 11) is 0. The second kappa shape index (κ2) is 10.6. The van der Waals surface area contributed by atoms with E-state index in [1.54, 1.807) is 16.4 Å². The summed E-state index contributed by atoms with van der Waals surface area (Å²) < 4.78 is 2.21.